The lowest BCUT2D eigenvalue weighted by atomic mass is 10.1. The van der Waals surface area contributed by atoms with Gasteiger partial charge in [0.05, 0.1) is 22.4 Å². The van der Waals surface area contributed by atoms with Gasteiger partial charge in [0.1, 0.15) is 5.60 Å². The van der Waals surface area contributed by atoms with Gasteiger partial charge in [0, 0.05) is 7.14 Å². The molecule has 0 aromatic heterocycles. The number of carbonyl (C=O) groups is 3. The summed E-state index contributed by atoms with van der Waals surface area (Å²) >= 11 is 3.63. The van der Waals surface area contributed by atoms with Gasteiger partial charge in [0.2, 0.25) is 0 Å². The minimum Gasteiger partial charge on any atom is -0.456 e. The second kappa shape index (κ2) is 11.0. The molecule has 35 heavy (non-hydrogen) atoms. The van der Waals surface area contributed by atoms with E-state index in [-0.39, 0.29) is 22.4 Å². The fourth-order valence-electron chi connectivity index (χ4n) is 2.54. The number of hydrogen-bond acceptors (Lipinski definition) is 7. The van der Waals surface area contributed by atoms with E-state index in [9.17, 15) is 31.6 Å². The van der Waals surface area contributed by atoms with Crippen molar-refractivity contribution >= 4 is 78.8 Å². The number of carbonyl (C=O) groups excluding carboxylic acids is 3. The molecule has 0 aliphatic rings. The van der Waals surface area contributed by atoms with E-state index in [1.165, 1.54) is 30.3 Å². The number of rotatable bonds is 7. The summed E-state index contributed by atoms with van der Waals surface area (Å²) in [5.74, 6) is -2.93. The number of esters is 2. The first-order chi connectivity index (χ1) is 15.9. The average molecular weight is 737 g/mol. The van der Waals surface area contributed by atoms with E-state index < -0.39 is 45.4 Å². The molecule has 9 nitrogen and oxygen atoms in total. The van der Waals surface area contributed by atoms with Crippen molar-refractivity contribution in [3.63, 3.8) is 0 Å². The first-order valence-electron chi connectivity index (χ1n) is 9.57. The van der Waals surface area contributed by atoms with Crippen molar-refractivity contribution in [2.45, 2.75) is 31.6 Å². The Morgan fingerprint density at radius 2 is 1.57 bits per heavy atom. The van der Waals surface area contributed by atoms with Gasteiger partial charge < -0.3 is 14.8 Å². The minimum atomic E-state index is -5.81. The van der Waals surface area contributed by atoms with Crippen molar-refractivity contribution in [2.24, 2.45) is 0 Å². The molecular weight excluding hydrogens is 718 g/mol. The Bertz CT molecular complexity index is 1280. The van der Waals surface area contributed by atoms with Gasteiger partial charge >= 0.3 is 27.3 Å². The van der Waals surface area contributed by atoms with Gasteiger partial charge in [0.25, 0.3) is 5.91 Å². The standard InChI is InChI=1S/C21H19F2I2NO8S/c1-20(2,3)34-19(29)13-7-5-4-6-12(13)17(27)26-16-14(8-11(24)9-15(16)25)18(28)33-10-21(22,23)35(30,31)32/h4-9H,10H2,1-3H3,(H,26,27)(H,30,31,32). The van der Waals surface area contributed by atoms with E-state index in [0.717, 1.165) is 0 Å². The highest BCUT2D eigenvalue weighted by molar-refractivity contribution is 14.1. The van der Waals surface area contributed by atoms with E-state index in [0.29, 0.717) is 7.14 Å². The van der Waals surface area contributed by atoms with Crippen LogP contribution in [0.2, 0.25) is 0 Å². The molecule has 0 atom stereocenters. The number of hydrogen-bond donors (Lipinski definition) is 2. The van der Waals surface area contributed by atoms with Gasteiger partial charge in [-0.2, -0.15) is 17.2 Å². The fourth-order valence-corrected chi connectivity index (χ4v) is 4.72. The number of ether oxygens (including phenoxy) is 2. The van der Waals surface area contributed by atoms with Crippen molar-refractivity contribution < 1.29 is 45.6 Å². The van der Waals surface area contributed by atoms with Crippen LogP contribution in [0.15, 0.2) is 36.4 Å². The summed E-state index contributed by atoms with van der Waals surface area (Å²) in [4.78, 5) is 38.2. The van der Waals surface area contributed by atoms with E-state index in [4.69, 9.17) is 9.29 Å². The quantitative estimate of drug-likeness (QED) is 0.237. The summed E-state index contributed by atoms with van der Waals surface area (Å²) < 4.78 is 67.7. The summed E-state index contributed by atoms with van der Waals surface area (Å²) in [6.07, 6.45) is 0. The van der Waals surface area contributed by atoms with Crippen LogP contribution >= 0.6 is 45.2 Å². The van der Waals surface area contributed by atoms with Crippen LogP contribution in [-0.4, -0.2) is 48.3 Å². The van der Waals surface area contributed by atoms with E-state index in [1.807, 2.05) is 22.6 Å². The molecule has 190 valence electrons. The van der Waals surface area contributed by atoms with Gasteiger partial charge in [-0.05, 0) is 90.2 Å². The predicted octanol–water partition coefficient (Wildman–Crippen LogP) is 4.74. The second-order valence-corrected chi connectivity index (χ2v) is 12.0. The lowest BCUT2D eigenvalue weighted by Crippen LogP contribution is -2.34. The SMILES string of the molecule is CC(C)(C)OC(=O)c1ccccc1C(=O)Nc1c(I)cc(I)cc1C(=O)OCC(F)(F)S(=O)(=O)O. The van der Waals surface area contributed by atoms with Crippen LogP contribution in [-0.2, 0) is 19.6 Å². The predicted molar refractivity (Wildman–Crippen MR) is 138 cm³/mol. The molecule has 0 aliphatic heterocycles. The molecule has 0 heterocycles. The fraction of sp³-hybridized carbons (Fsp3) is 0.286. The third kappa shape index (κ3) is 7.78. The summed E-state index contributed by atoms with van der Waals surface area (Å²) in [7, 11) is -5.81. The molecule has 0 fully saturated rings. The number of nitrogens with one attached hydrogen (secondary N) is 1. The van der Waals surface area contributed by atoms with Crippen LogP contribution in [0.4, 0.5) is 14.5 Å². The Morgan fingerprint density at radius 1 is 1.00 bits per heavy atom. The van der Waals surface area contributed by atoms with Gasteiger partial charge in [0.15, 0.2) is 6.61 Å². The van der Waals surface area contributed by atoms with Crippen LogP contribution in [0.3, 0.4) is 0 Å². The van der Waals surface area contributed by atoms with E-state index >= 15 is 0 Å². The highest BCUT2D eigenvalue weighted by Crippen LogP contribution is 2.29. The number of benzene rings is 2. The first kappa shape index (κ1) is 29.3. The zero-order chi connectivity index (χ0) is 26.8. The number of amides is 1. The Kier molecular flexibility index (Phi) is 9.21. The molecule has 0 unspecified atom stereocenters. The highest BCUT2D eigenvalue weighted by Gasteiger charge is 2.45. The third-order valence-electron chi connectivity index (χ3n) is 4.05. The molecule has 2 aromatic carbocycles. The van der Waals surface area contributed by atoms with Crippen molar-refractivity contribution in [2.75, 3.05) is 11.9 Å². The maximum Gasteiger partial charge on any atom is 0.402 e. The smallest absolute Gasteiger partial charge is 0.402 e. The maximum absolute atomic E-state index is 13.5. The van der Waals surface area contributed by atoms with Crippen molar-refractivity contribution in [1.29, 1.82) is 0 Å². The highest BCUT2D eigenvalue weighted by atomic mass is 127. The third-order valence-corrected chi connectivity index (χ3v) is 6.40. The van der Waals surface area contributed by atoms with Crippen LogP contribution in [0.25, 0.3) is 0 Å². The molecule has 0 aliphatic carbocycles. The molecule has 0 spiro atoms. The van der Waals surface area contributed by atoms with Crippen molar-refractivity contribution in [1.82, 2.24) is 0 Å². The molecule has 0 bridgehead atoms. The molecule has 2 rings (SSSR count). The Labute approximate surface area is 227 Å². The molecular formula is C21H19F2I2NO8S. The molecule has 14 heteroatoms. The van der Waals surface area contributed by atoms with Crippen molar-refractivity contribution in [3.8, 4) is 0 Å². The second-order valence-electron chi connectivity index (χ2n) is 8.00. The number of halogens is 4. The van der Waals surface area contributed by atoms with Gasteiger partial charge in [-0.25, -0.2) is 9.59 Å². The Morgan fingerprint density at radius 3 is 2.11 bits per heavy atom. The van der Waals surface area contributed by atoms with Crippen LogP contribution in [0.1, 0.15) is 51.8 Å². The molecule has 1 amide bonds. The maximum atomic E-state index is 13.5. The Hall–Kier alpha value is -1.92. The molecule has 2 aromatic rings. The average Bonchev–Trinajstić information content (AvgIpc) is 2.71. The van der Waals surface area contributed by atoms with Gasteiger partial charge in [-0.1, -0.05) is 12.1 Å². The van der Waals surface area contributed by atoms with Crippen molar-refractivity contribution in [3.05, 3.63) is 60.2 Å². The summed E-state index contributed by atoms with van der Waals surface area (Å²) in [6, 6.07) is 8.58. The van der Waals surface area contributed by atoms with Crippen LogP contribution in [0.5, 0.6) is 0 Å². The van der Waals surface area contributed by atoms with Crippen LogP contribution < -0.4 is 5.32 Å². The lowest BCUT2D eigenvalue weighted by Gasteiger charge is -2.20. The van der Waals surface area contributed by atoms with Gasteiger partial charge in [-0.3, -0.25) is 9.35 Å². The number of anilines is 1. The Balaban J connectivity index is 2.40. The lowest BCUT2D eigenvalue weighted by molar-refractivity contribution is -0.00945. The largest absolute Gasteiger partial charge is 0.456 e. The monoisotopic (exact) mass is 737 g/mol. The summed E-state index contributed by atoms with van der Waals surface area (Å²) in [5, 5.41) is -2.25. The number of alkyl halides is 2. The minimum absolute atomic E-state index is 0.0441. The van der Waals surface area contributed by atoms with Gasteiger partial charge in [-0.15, -0.1) is 0 Å². The molecule has 0 saturated carbocycles. The van der Waals surface area contributed by atoms with Crippen LogP contribution in [0, 0.1) is 7.14 Å². The molecule has 0 saturated heterocycles. The van der Waals surface area contributed by atoms with E-state index in [2.05, 4.69) is 10.1 Å². The summed E-state index contributed by atoms with van der Waals surface area (Å²) in [5.41, 5.74) is -1.41. The summed E-state index contributed by atoms with van der Waals surface area (Å²) in [6.45, 7) is 3.03. The first-order valence-corrected chi connectivity index (χ1v) is 13.2. The normalized spacial score (nSPS) is 12.1. The zero-order valence-corrected chi connectivity index (χ0v) is 23.5. The zero-order valence-electron chi connectivity index (χ0n) is 18.4. The topological polar surface area (TPSA) is 136 Å². The molecule has 0 radical (unpaired) electrons. The molecule has 2 N–H and O–H groups in total. The van der Waals surface area contributed by atoms with E-state index in [1.54, 1.807) is 49.4 Å².